The van der Waals surface area contributed by atoms with Crippen molar-refractivity contribution in [2.75, 3.05) is 21.3 Å². The largest absolute Gasteiger partial charge is 0.497 e. The molecule has 0 atom stereocenters. The smallest absolute Gasteiger partial charge is 0.227 e. The van der Waals surface area contributed by atoms with Crippen molar-refractivity contribution in [3.63, 3.8) is 0 Å². The summed E-state index contributed by atoms with van der Waals surface area (Å²) in [6.45, 7) is 3.15. The molecule has 4 nitrogen and oxygen atoms in total. The summed E-state index contributed by atoms with van der Waals surface area (Å²) in [4.78, 5) is 13.1. The van der Waals surface area contributed by atoms with Gasteiger partial charge in [0.05, 0.1) is 19.9 Å². The normalized spacial score (nSPS) is 16.3. The summed E-state index contributed by atoms with van der Waals surface area (Å²) in [5.74, 6) is -3.26. The third-order valence-corrected chi connectivity index (χ3v) is 4.16. The minimum absolute atomic E-state index is 0.126. The van der Waals surface area contributed by atoms with E-state index in [1.54, 1.807) is 18.2 Å². The summed E-state index contributed by atoms with van der Waals surface area (Å²) in [7, 11) is 4.27. The van der Waals surface area contributed by atoms with Crippen LogP contribution in [0.5, 0.6) is 11.5 Å². The van der Waals surface area contributed by atoms with E-state index in [0.717, 1.165) is 11.0 Å². The molecule has 0 saturated carbocycles. The summed E-state index contributed by atoms with van der Waals surface area (Å²) in [5, 5.41) is 0. The number of halogens is 3. The second-order valence-corrected chi connectivity index (χ2v) is 5.78. The predicted molar refractivity (Wildman–Crippen MR) is 97.1 cm³/mol. The lowest BCUT2D eigenvalue weighted by Crippen LogP contribution is -2.31. The molecule has 27 heavy (non-hydrogen) atoms. The number of likely N-dealkylation sites (N-methyl/N-ethyl adjacent to an activating group) is 1. The molecule has 0 aliphatic carbocycles. The van der Waals surface area contributed by atoms with Crippen molar-refractivity contribution in [2.24, 2.45) is 0 Å². The Kier molecular flexibility index (Phi) is 6.50. The van der Waals surface area contributed by atoms with Crippen LogP contribution in [-0.4, -0.2) is 32.1 Å². The Morgan fingerprint density at radius 3 is 2.22 bits per heavy atom. The second-order valence-electron chi connectivity index (χ2n) is 5.78. The minimum Gasteiger partial charge on any atom is -0.497 e. The molecule has 0 N–H and O–H groups in total. The van der Waals surface area contributed by atoms with Crippen LogP contribution in [0, 0.1) is 0 Å². The van der Waals surface area contributed by atoms with Crippen LogP contribution < -0.4 is 9.47 Å². The monoisotopic (exact) mass is 379 g/mol. The van der Waals surface area contributed by atoms with Crippen molar-refractivity contribution in [1.82, 2.24) is 4.90 Å². The maximum atomic E-state index is 14.8. The molecule has 0 unspecified atom stereocenters. The predicted octanol–water partition coefficient (Wildman–Crippen LogP) is 4.86. The standard InChI is InChI=1S/C20H20F3NO3/c1-5-13(21)10-17(22)19(23)20-16(6-7-18(25)24(20)2)12-8-14(26-3)11-15(9-12)27-4/h5,8-11H,1,6-7H2,2-4H3/b13-10+,19-17+. The molecule has 0 bridgehead atoms. The van der Waals surface area contributed by atoms with Crippen LogP contribution in [0.3, 0.4) is 0 Å². The van der Waals surface area contributed by atoms with Crippen LogP contribution in [0.25, 0.3) is 5.57 Å². The molecule has 7 heteroatoms. The highest BCUT2D eigenvalue weighted by Crippen LogP contribution is 2.39. The Hall–Kier alpha value is -2.96. The number of benzene rings is 1. The number of methoxy groups -OCH3 is 2. The zero-order valence-corrected chi connectivity index (χ0v) is 15.3. The molecule has 0 fully saturated rings. The van der Waals surface area contributed by atoms with Gasteiger partial charge in [-0.1, -0.05) is 6.58 Å². The van der Waals surface area contributed by atoms with Crippen LogP contribution in [0.1, 0.15) is 18.4 Å². The van der Waals surface area contributed by atoms with Crippen molar-refractivity contribution in [3.8, 4) is 11.5 Å². The third kappa shape index (κ3) is 4.42. The Labute approximate surface area is 155 Å². The molecular weight excluding hydrogens is 359 g/mol. The van der Waals surface area contributed by atoms with Crippen LogP contribution in [0.2, 0.25) is 0 Å². The molecule has 0 spiro atoms. The molecule has 1 heterocycles. The molecular formula is C20H20F3NO3. The van der Waals surface area contributed by atoms with E-state index in [2.05, 4.69) is 6.58 Å². The molecule has 0 radical (unpaired) electrons. The summed E-state index contributed by atoms with van der Waals surface area (Å²) < 4.78 is 52.8. The first kappa shape index (κ1) is 20.4. The minimum atomic E-state index is -1.43. The lowest BCUT2D eigenvalue weighted by atomic mass is 9.93. The maximum absolute atomic E-state index is 14.8. The molecule has 1 aliphatic heterocycles. The van der Waals surface area contributed by atoms with Crippen molar-refractivity contribution < 1.29 is 27.4 Å². The number of allylic oxidation sites excluding steroid dienone is 6. The molecule has 1 amide bonds. The van der Waals surface area contributed by atoms with Gasteiger partial charge in [-0.25, -0.2) is 13.2 Å². The van der Waals surface area contributed by atoms with Gasteiger partial charge in [0.1, 0.15) is 17.3 Å². The number of ether oxygens (including phenoxy) is 2. The number of carbonyl (C=O) groups excluding carboxylic acids is 1. The molecule has 2 rings (SSSR count). The quantitative estimate of drug-likeness (QED) is 0.663. The van der Waals surface area contributed by atoms with Gasteiger partial charge in [0.25, 0.3) is 0 Å². The Balaban J connectivity index is 2.73. The molecule has 1 aliphatic rings. The number of carbonyl (C=O) groups is 1. The molecule has 0 aromatic heterocycles. The number of nitrogens with zero attached hydrogens (tertiary/aromatic N) is 1. The van der Waals surface area contributed by atoms with E-state index in [1.807, 2.05) is 0 Å². The van der Waals surface area contributed by atoms with E-state index >= 15 is 0 Å². The third-order valence-electron chi connectivity index (χ3n) is 4.16. The first-order valence-electron chi connectivity index (χ1n) is 8.10. The number of hydrogen-bond acceptors (Lipinski definition) is 3. The number of amides is 1. The Morgan fingerprint density at radius 2 is 1.70 bits per heavy atom. The van der Waals surface area contributed by atoms with Crippen molar-refractivity contribution in [3.05, 3.63) is 65.7 Å². The lowest BCUT2D eigenvalue weighted by Gasteiger charge is -2.28. The van der Waals surface area contributed by atoms with E-state index < -0.39 is 17.5 Å². The van der Waals surface area contributed by atoms with Gasteiger partial charge in [0.2, 0.25) is 5.91 Å². The Bertz CT molecular complexity index is 834. The molecule has 144 valence electrons. The van der Waals surface area contributed by atoms with Gasteiger partial charge in [0, 0.05) is 25.6 Å². The summed E-state index contributed by atoms with van der Waals surface area (Å²) in [6, 6.07) is 4.90. The Morgan fingerprint density at radius 1 is 1.11 bits per heavy atom. The fourth-order valence-electron chi connectivity index (χ4n) is 2.74. The summed E-state index contributed by atoms with van der Waals surface area (Å²) in [6.07, 6.45) is 1.45. The van der Waals surface area contributed by atoms with Crippen LogP contribution in [0.4, 0.5) is 13.2 Å². The number of rotatable bonds is 6. The van der Waals surface area contributed by atoms with Gasteiger partial charge in [0.15, 0.2) is 11.7 Å². The second kappa shape index (κ2) is 8.62. The zero-order chi connectivity index (χ0) is 20.1. The van der Waals surface area contributed by atoms with E-state index in [4.69, 9.17) is 9.47 Å². The van der Waals surface area contributed by atoms with Gasteiger partial charge < -0.3 is 14.4 Å². The van der Waals surface area contributed by atoms with Crippen LogP contribution in [-0.2, 0) is 4.79 Å². The van der Waals surface area contributed by atoms with E-state index in [-0.39, 0.29) is 24.4 Å². The molecule has 0 saturated heterocycles. The molecule has 1 aromatic rings. The van der Waals surface area contributed by atoms with Gasteiger partial charge in [-0.3, -0.25) is 4.79 Å². The van der Waals surface area contributed by atoms with Gasteiger partial charge >= 0.3 is 0 Å². The van der Waals surface area contributed by atoms with E-state index in [0.29, 0.717) is 28.7 Å². The highest BCUT2D eigenvalue weighted by Gasteiger charge is 2.29. The van der Waals surface area contributed by atoms with Crippen LogP contribution >= 0.6 is 0 Å². The maximum Gasteiger partial charge on any atom is 0.227 e. The van der Waals surface area contributed by atoms with Crippen LogP contribution in [0.15, 0.2) is 60.1 Å². The summed E-state index contributed by atoms with van der Waals surface area (Å²) in [5.41, 5.74) is 0.637. The van der Waals surface area contributed by atoms with Crippen molar-refractivity contribution in [1.29, 1.82) is 0 Å². The van der Waals surface area contributed by atoms with Crippen molar-refractivity contribution >= 4 is 11.5 Å². The van der Waals surface area contributed by atoms with Gasteiger partial charge in [-0.05, 0) is 35.8 Å². The average molecular weight is 379 g/mol. The number of hydrogen-bond donors (Lipinski definition) is 0. The highest BCUT2D eigenvalue weighted by molar-refractivity contribution is 5.88. The van der Waals surface area contributed by atoms with Gasteiger partial charge in [-0.2, -0.15) is 0 Å². The fourth-order valence-corrected chi connectivity index (χ4v) is 2.74. The first-order valence-corrected chi connectivity index (χ1v) is 8.10. The SMILES string of the molecule is C=C/C(F)=C\C(F)=C(/F)C1=C(c2cc(OC)cc(OC)c2)CCC(=O)N1C. The van der Waals surface area contributed by atoms with Gasteiger partial charge in [-0.15, -0.1) is 0 Å². The van der Waals surface area contributed by atoms with E-state index in [1.165, 1.54) is 21.3 Å². The van der Waals surface area contributed by atoms with E-state index in [9.17, 15) is 18.0 Å². The average Bonchev–Trinajstić information content (AvgIpc) is 2.68. The lowest BCUT2D eigenvalue weighted by molar-refractivity contribution is -0.128. The zero-order valence-electron chi connectivity index (χ0n) is 15.3. The fraction of sp³-hybridized carbons (Fsp3) is 0.250. The molecule has 1 aromatic carbocycles. The highest BCUT2D eigenvalue weighted by atomic mass is 19.2. The summed E-state index contributed by atoms with van der Waals surface area (Å²) >= 11 is 0. The van der Waals surface area contributed by atoms with Crippen molar-refractivity contribution in [2.45, 2.75) is 12.8 Å². The topological polar surface area (TPSA) is 38.8 Å². The first-order chi connectivity index (χ1) is 12.8.